The number of carbonyl (C=O) groups excluding carboxylic acids is 1. The van der Waals surface area contributed by atoms with Gasteiger partial charge in [0.1, 0.15) is 0 Å². The second-order valence-corrected chi connectivity index (χ2v) is 6.43. The van der Waals surface area contributed by atoms with Crippen LogP contribution in [0.1, 0.15) is 30.9 Å². The lowest BCUT2D eigenvalue weighted by Crippen LogP contribution is -2.39. The molecule has 1 aliphatic carbocycles. The first-order valence-corrected chi connectivity index (χ1v) is 7.72. The van der Waals surface area contributed by atoms with Crippen molar-refractivity contribution in [3.8, 4) is 0 Å². The molecule has 1 aromatic rings. The smallest absolute Gasteiger partial charge is 0.227 e. The molecule has 1 saturated carbocycles. The molecule has 2 unspecified atom stereocenters. The van der Waals surface area contributed by atoms with Gasteiger partial charge >= 0.3 is 0 Å². The van der Waals surface area contributed by atoms with Crippen LogP contribution in [0.15, 0.2) is 24.3 Å². The fourth-order valence-electron chi connectivity index (χ4n) is 3.13. The Balaban J connectivity index is 1.74. The Morgan fingerprint density at radius 3 is 2.75 bits per heavy atom. The molecule has 1 saturated heterocycles. The van der Waals surface area contributed by atoms with Gasteiger partial charge in [0, 0.05) is 19.1 Å². The van der Waals surface area contributed by atoms with Gasteiger partial charge in [-0.15, -0.1) is 0 Å². The predicted octanol–water partition coefficient (Wildman–Crippen LogP) is 2.34. The number of nitrogens with one attached hydrogen (secondary N) is 1. The van der Waals surface area contributed by atoms with Gasteiger partial charge in [-0.1, -0.05) is 36.8 Å². The molecular weight excluding hydrogens is 248 g/mol. The molecule has 1 amide bonds. The Morgan fingerprint density at radius 1 is 1.35 bits per heavy atom. The van der Waals surface area contributed by atoms with Crippen LogP contribution in [0.2, 0.25) is 0 Å². The first-order chi connectivity index (χ1) is 9.65. The van der Waals surface area contributed by atoms with Crippen LogP contribution >= 0.6 is 0 Å². The predicted molar refractivity (Wildman–Crippen MR) is 80.3 cm³/mol. The van der Waals surface area contributed by atoms with E-state index < -0.39 is 0 Å². The minimum absolute atomic E-state index is 0.167. The monoisotopic (exact) mass is 272 g/mol. The fourth-order valence-corrected chi connectivity index (χ4v) is 3.13. The molecule has 3 rings (SSSR count). The molecule has 3 nitrogen and oxygen atoms in total. The van der Waals surface area contributed by atoms with Crippen molar-refractivity contribution in [1.29, 1.82) is 0 Å². The molecule has 3 heteroatoms. The van der Waals surface area contributed by atoms with E-state index in [1.807, 2.05) is 0 Å². The molecule has 0 aromatic heterocycles. The Bertz CT molecular complexity index is 496. The first kappa shape index (κ1) is 13.6. The standard InChI is InChI=1S/C17H24N2O/c1-12-4-3-5-14(8-12)11-19(15-6-7-15)17(20)16-10-18-9-13(16)2/h3-5,8,13,15-16,18H,6-7,9-11H2,1-2H3. The summed E-state index contributed by atoms with van der Waals surface area (Å²) in [4.78, 5) is 14.9. The van der Waals surface area contributed by atoms with E-state index in [-0.39, 0.29) is 5.92 Å². The van der Waals surface area contributed by atoms with Gasteiger partial charge in [0.2, 0.25) is 5.91 Å². The highest BCUT2D eigenvalue weighted by Crippen LogP contribution is 2.31. The van der Waals surface area contributed by atoms with Crippen LogP contribution < -0.4 is 5.32 Å². The topological polar surface area (TPSA) is 32.3 Å². The van der Waals surface area contributed by atoms with E-state index in [2.05, 4.69) is 48.3 Å². The van der Waals surface area contributed by atoms with Crippen LogP contribution in [0.25, 0.3) is 0 Å². The summed E-state index contributed by atoms with van der Waals surface area (Å²) in [6, 6.07) is 9.00. The SMILES string of the molecule is Cc1cccc(CN(C(=O)C2CNCC2C)C2CC2)c1. The number of benzene rings is 1. The average molecular weight is 272 g/mol. The molecule has 0 spiro atoms. The molecule has 108 valence electrons. The number of carbonyl (C=O) groups is 1. The largest absolute Gasteiger partial charge is 0.335 e. The third-order valence-electron chi connectivity index (χ3n) is 4.54. The number of hydrogen-bond donors (Lipinski definition) is 1. The molecule has 2 fully saturated rings. The Kier molecular flexibility index (Phi) is 3.79. The highest BCUT2D eigenvalue weighted by Gasteiger charge is 2.39. The number of nitrogens with zero attached hydrogens (tertiary/aromatic N) is 1. The van der Waals surface area contributed by atoms with Crippen molar-refractivity contribution < 1.29 is 4.79 Å². The second-order valence-electron chi connectivity index (χ2n) is 6.43. The quantitative estimate of drug-likeness (QED) is 0.912. The third kappa shape index (κ3) is 2.88. The van der Waals surface area contributed by atoms with Gasteiger partial charge in [-0.3, -0.25) is 4.79 Å². The lowest BCUT2D eigenvalue weighted by molar-refractivity contribution is -0.137. The zero-order valence-corrected chi connectivity index (χ0v) is 12.4. The summed E-state index contributed by atoms with van der Waals surface area (Å²) in [5.74, 6) is 0.980. The zero-order chi connectivity index (χ0) is 14.1. The minimum atomic E-state index is 0.167. The van der Waals surface area contributed by atoms with E-state index in [9.17, 15) is 4.79 Å². The highest BCUT2D eigenvalue weighted by atomic mass is 16.2. The van der Waals surface area contributed by atoms with Gasteiger partial charge in [0.05, 0.1) is 5.92 Å². The molecule has 1 N–H and O–H groups in total. The second kappa shape index (κ2) is 5.57. The van der Waals surface area contributed by atoms with Crippen LogP contribution in [0.5, 0.6) is 0 Å². The molecule has 1 aliphatic heterocycles. The van der Waals surface area contributed by atoms with Gasteiger partial charge in [-0.25, -0.2) is 0 Å². The van der Waals surface area contributed by atoms with Crippen molar-refractivity contribution in [3.63, 3.8) is 0 Å². The van der Waals surface area contributed by atoms with Crippen LogP contribution in [0, 0.1) is 18.8 Å². The Morgan fingerprint density at radius 2 is 2.15 bits per heavy atom. The van der Waals surface area contributed by atoms with E-state index in [1.165, 1.54) is 24.0 Å². The summed E-state index contributed by atoms with van der Waals surface area (Å²) >= 11 is 0. The summed E-state index contributed by atoms with van der Waals surface area (Å²) in [5.41, 5.74) is 2.52. The zero-order valence-electron chi connectivity index (χ0n) is 12.4. The summed E-state index contributed by atoms with van der Waals surface area (Å²) in [6.45, 7) is 6.88. The maximum atomic E-state index is 12.8. The average Bonchev–Trinajstić information content (AvgIpc) is 3.17. The van der Waals surface area contributed by atoms with E-state index in [0.29, 0.717) is 17.9 Å². The fraction of sp³-hybridized carbons (Fsp3) is 0.588. The number of amides is 1. The van der Waals surface area contributed by atoms with Gasteiger partial charge < -0.3 is 10.2 Å². The maximum absolute atomic E-state index is 12.8. The minimum Gasteiger partial charge on any atom is -0.335 e. The molecule has 0 bridgehead atoms. The van der Waals surface area contributed by atoms with Crippen LogP contribution in [-0.4, -0.2) is 29.9 Å². The summed E-state index contributed by atoms with van der Waals surface area (Å²) in [6.07, 6.45) is 2.35. The van der Waals surface area contributed by atoms with E-state index in [4.69, 9.17) is 0 Å². The van der Waals surface area contributed by atoms with Crippen molar-refractivity contribution in [2.75, 3.05) is 13.1 Å². The Labute approximate surface area is 121 Å². The molecular formula is C17H24N2O. The first-order valence-electron chi connectivity index (χ1n) is 7.72. The number of hydrogen-bond acceptors (Lipinski definition) is 2. The lowest BCUT2D eigenvalue weighted by Gasteiger charge is -2.27. The Hall–Kier alpha value is -1.35. The number of aryl methyl sites for hydroxylation is 1. The molecule has 1 heterocycles. The third-order valence-corrected chi connectivity index (χ3v) is 4.54. The van der Waals surface area contributed by atoms with Crippen molar-refractivity contribution in [2.24, 2.45) is 11.8 Å². The summed E-state index contributed by atoms with van der Waals surface area (Å²) in [5, 5.41) is 3.34. The van der Waals surface area contributed by atoms with E-state index in [0.717, 1.165) is 19.6 Å². The molecule has 0 radical (unpaired) electrons. The van der Waals surface area contributed by atoms with Crippen molar-refractivity contribution >= 4 is 5.91 Å². The molecule has 20 heavy (non-hydrogen) atoms. The lowest BCUT2D eigenvalue weighted by atomic mass is 9.96. The normalized spacial score (nSPS) is 25.7. The molecule has 2 aliphatic rings. The van der Waals surface area contributed by atoms with Crippen molar-refractivity contribution in [2.45, 2.75) is 39.3 Å². The van der Waals surface area contributed by atoms with E-state index >= 15 is 0 Å². The van der Waals surface area contributed by atoms with Gasteiger partial charge in [0.25, 0.3) is 0 Å². The van der Waals surface area contributed by atoms with E-state index in [1.54, 1.807) is 0 Å². The van der Waals surface area contributed by atoms with Crippen LogP contribution in [0.4, 0.5) is 0 Å². The van der Waals surface area contributed by atoms with Crippen LogP contribution in [-0.2, 0) is 11.3 Å². The summed E-state index contributed by atoms with van der Waals surface area (Å²) < 4.78 is 0. The van der Waals surface area contributed by atoms with Gasteiger partial charge in [0.15, 0.2) is 0 Å². The van der Waals surface area contributed by atoms with Gasteiger partial charge in [-0.05, 0) is 37.8 Å². The molecule has 2 atom stereocenters. The van der Waals surface area contributed by atoms with Crippen LogP contribution in [0.3, 0.4) is 0 Å². The van der Waals surface area contributed by atoms with Crippen molar-refractivity contribution in [3.05, 3.63) is 35.4 Å². The maximum Gasteiger partial charge on any atom is 0.227 e. The van der Waals surface area contributed by atoms with Crippen molar-refractivity contribution in [1.82, 2.24) is 10.2 Å². The number of rotatable bonds is 4. The van der Waals surface area contributed by atoms with Gasteiger partial charge in [-0.2, -0.15) is 0 Å². The summed E-state index contributed by atoms with van der Waals surface area (Å²) in [7, 11) is 0. The highest BCUT2D eigenvalue weighted by molar-refractivity contribution is 5.80. The molecule has 1 aromatic carbocycles.